The standard InChI is InChI=1S/C15H29N3O3/c1-5-11(2)13(15(20)16-10-21-4)17-14(19)12-8-6-7-9-18(12)3/h11-13H,5-10H2,1-4H3,(H,16,20)(H,17,19)/t11-,12+,13-/m0/s1. The van der Waals surface area contributed by atoms with Gasteiger partial charge in [-0.2, -0.15) is 0 Å². The van der Waals surface area contributed by atoms with Crippen molar-refractivity contribution in [1.82, 2.24) is 15.5 Å². The lowest BCUT2D eigenvalue weighted by atomic mass is 9.96. The maximum atomic E-state index is 12.5. The smallest absolute Gasteiger partial charge is 0.244 e. The third-order valence-corrected chi connectivity index (χ3v) is 4.26. The highest BCUT2D eigenvalue weighted by Gasteiger charge is 2.31. The lowest BCUT2D eigenvalue weighted by Crippen LogP contribution is -2.56. The quantitative estimate of drug-likeness (QED) is 0.680. The molecule has 6 nitrogen and oxygen atoms in total. The number of amides is 2. The molecule has 0 unspecified atom stereocenters. The second kappa shape index (κ2) is 9.00. The molecule has 2 N–H and O–H groups in total. The van der Waals surface area contributed by atoms with Gasteiger partial charge in [0.2, 0.25) is 11.8 Å². The molecule has 1 saturated heterocycles. The van der Waals surface area contributed by atoms with Crippen molar-refractivity contribution in [1.29, 1.82) is 0 Å². The molecule has 0 aliphatic carbocycles. The molecule has 1 heterocycles. The van der Waals surface area contributed by atoms with Crippen molar-refractivity contribution in [2.45, 2.75) is 51.6 Å². The monoisotopic (exact) mass is 299 g/mol. The van der Waals surface area contributed by atoms with Crippen LogP contribution in [0.3, 0.4) is 0 Å². The summed E-state index contributed by atoms with van der Waals surface area (Å²) in [6, 6.07) is -0.631. The third kappa shape index (κ3) is 5.28. The van der Waals surface area contributed by atoms with E-state index in [1.54, 1.807) is 0 Å². The van der Waals surface area contributed by atoms with Crippen LogP contribution in [0.2, 0.25) is 0 Å². The molecule has 0 bridgehead atoms. The van der Waals surface area contributed by atoms with E-state index in [9.17, 15) is 9.59 Å². The number of likely N-dealkylation sites (N-methyl/N-ethyl adjacent to an activating group) is 1. The van der Waals surface area contributed by atoms with Gasteiger partial charge in [0.05, 0.1) is 6.04 Å². The van der Waals surface area contributed by atoms with Crippen molar-refractivity contribution < 1.29 is 14.3 Å². The first-order valence-electron chi connectivity index (χ1n) is 7.78. The van der Waals surface area contributed by atoms with Crippen LogP contribution in [0.4, 0.5) is 0 Å². The molecule has 0 aromatic heterocycles. The number of hydrogen-bond acceptors (Lipinski definition) is 4. The van der Waals surface area contributed by atoms with Gasteiger partial charge in [-0.3, -0.25) is 14.5 Å². The number of nitrogens with zero attached hydrogens (tertiary/aromatic N) is 1. The second-order valence-electron chi connectivity index (χ2n) is 5.84. The number of carbonyl (C=O) groups excluding carboxylic acids is 2. The van der Waals surface area contributed by atoms with E-state index >= 15 is 0 Å². The summed E-state index contributed by atoms with van der Waals surface area (Å²) in [7, 11) is 3.49. The van der Waals surface area contributed by atoms with Crippen molar-refractivity contribution in [3.63, 3.8) is 0 Å². The van der Waals surface area contributed by atoms with Gasteiger partial charge >= 0.3 is 0 Å². The number of methoxy groups -OCH3 is 1. The van der Waals surface area contributed by atoms with Gasteiger partial charge in [-0.1, -0.05) is 26.7 Å². The van der Waals surface area contributed by atoms with Crippen LogP contribution in [0.25, 0.3) is 0 Å². The highest BCUT2D eigenvalue weighted by Crippen LogP contribution is 2.16. The number of hydrogen-bond donors (Lipinski definition) is 2. The molecule has 21 heavy (non-hydrogen) atoms. The van der Waals surface area contributed by atoms with E-state index < -0.39 is 6.04 Å². The van der Waals surface area contributed by atoms with Gasteiger partial charge in [0.15, 0.2) is 0 Å². The fourth-order valence-electron chi connectivity index (χ4n) is 2.61. The summed E-state index contributed by atoms with van der Waals surface area (Å²) in [4.78, 5) is 26.7. The summed E-state index contributed by atoms with van der Waals surface area (Å²) in [5.74, 6) is -0.146. The van der Waals surface area contributed by atoms with Gasteiger partial charge in [0, 0.05) is 7.11 Å². The number of ether oxygens (including phenoxy) is 1. The minimum atomic E-state index is -0.507. The Morgan fingerprint density at radius 1 is 1.38 bits per heavy atom. The maximum absolute atomic E-state index is 12.5. The van der Waals surface area contributed by atoms with E-state index in [1.165, 1.54) is 7.11 Å². The van der Waals surface area contributed by atoms with E-state index in [2.05, 4.69) is 15.5 Å². The minimum Gasteiger partial charge on any atom is -0.364 e. The van der Waals surface area contributed by atoms with Gasteiger partial charge in [0.25, 0.3) is 0 Å². The zero-order valence-corrected chi connectivity index (χ0v) is 13.6. The Morgan fingerprint density at radius 2 is 2.10 bits per heavy atom. The Balaban J connectivity index is 2.66. The molecule has 0 radical (unpaired) electrons. The lowest BCUT2D eigenvalue weighted by molar-refractivity contribution is -0.134. The Hall–Kier alpha value is -1.14. The topological polar surface area (TPSA) is 70.7 Å². The molecule has 1 rings (SSSR count). The van der Waals surface area contributed by atoms with Crippen LogP contribution in [0.1, 0.15) is 39.5 Å². The summed E-state index contributed by atoms with van der Waals surface area (Å²) in [5.41, 5.74) is 0. The first-order valence-corrected chi connectivity index (χ1v) is 7.78. The van der Waals surface area contributed by atoms with Crippen LogP contribution in [0.5, 0.6) is 0 Å². The molecule has 1 fully saturated rings. The van der Waals surface area contributed by atoms with Crippen molar-refractivity contribution in [3.05, 3.63) is 0 Å². The van der Waals surface area contributed by atoms with E-state index in [0.29, 0.717) is 0 Å². The molecule has 0 spiro atoms. The first-order chi connectivity index (χ1) is 10.0. The van der Waals surface area contributed by atoms with Gasteiger partial charge < -0.3 is 15.4 Å². The maximum Gasteiger partial charge on any atom is 0.244 e. The average Bonchev–Trinajstić information content (AvgIpc) is 2.49. The predicted molar refractivity (Wildman–Crippen MR) is 81.7 cm³/mol. The summed E-state index contributed by atoms with van der Waals surface area (Å²) in [6.45, 7) is 5.08. The highest BCUT2D eigenvalue weighted by atomic mass is 16.5. The summed E-state index contributed by atoms with van der Waals surface area (Å²) in [5, 5.41) is 5.61. The molecule has 0 aromatic rings. The predicted octanol–water partition coefficient (Wildman–Crippen LogP) is 0.722. The molecular formula is C15H29N3O3. The zero-order chi connectivity index (χ0) is 15.8. The van der Waals surface area contributed by atoms with Gasteiger partial charge in [-0.15, -0.1) is 0 Å². The Labute approximate surface area is 127 Å². The molecule has 1 aliphatic rings. The van der Waals surface area contributed by atoms with Crippen LogP contribution >= 0.6 is 0 Å². The van der Waals surface area contributed by atoms with Crippen molar-refractivity contribution in [2.75, 3.05) is 27.4 Å². The van der Waals surface area contributed by atoms with Crippen LogP contribution in [-0.2, 0) is 14.3 Å². The zero-order valence-electron chi connectivity index (χ0n) is 13.6. The summed E-state index contributed by atoms with van der Waals surface area (Å²) >= 11 is 0. The Bertz CT molecular complexity index is 349. The summed E-state index contributed by atoms with van der Waals surface area (Å²) < 4.78 is 4.86. The average molecular weight is 299 g/mol. The molecular weight excluding hydrogens is 270 g/mol. The minimum absolute atomic E-state index is 0.0462. The van der Waals surface area contributed by atoms with Gasteiger partial charge in [0.1, 0.15) is 12.8 Å². The fourth-order valence-corrected chi connectivity index (χ4v) is 2.61. The molecule has 3 atom stereocenters. The summed E-state index contributed by atoms with van der Waals surface area (Å²) in [6.07, 6.45) is 3.87. The van der Waals surface area contributed by atoms with Crippen LogP contribution < -0.4 is 10.6 Å². The highest BCUT2D eigenvalue weighted by molar-refractivity contribution is 5.89. The Morgan fingerprint density at radius 3 is 2.67 bits per heavy atom. The lowest BCUT2D eigenvalue weighted by Gasteiger charge is -2.33. The van der Waals surface area contributed by atoms with Crippen molar-refractivity contribution in [2.24, 2.45) is 5.92 Å². The van der Waals surface area contributed by atoms with Gasteiger partial charge in [-0.05, 0) is 32.4 Å². The number of nitrogens with one attached hydrogen (secondary N) is 2. The van der Waals surface area contributed by atoms with Gasteiger partial charge in [-0.25, -0.2) is 0 Å². The molecule has 2 amide bonds. The largest absolute Gasteiger partial charge is 0.364 e. The third-order valence-electron chi connectivity index (χ3n) is 4.26. The molecule has 6 heteroatoms. The van der Waals surface area contributed by atoms with Crippen LogP contribution in [0.15, 0.2) is 0 Å². The number of piperidine rings is 1. The number of rotatable bonds is 7. The van der Waals surface area contributed by atoms with E-state index in [0.717, 1.165) is 32.2 Å². The van der Waals surface area contributed by atoms with E-state index in [4.69, 9.17) is 4.74 Å². The SMILES string of the molecule is CC[C@H](C)[C@H](NC(=O)[C@H]1CCCCN1C)C(=O)NCOC. The van der Waals surface area contributed by atoms with Crippen LogP contribution in [-0.4, -0.2) is 56.2 Å². The fraction of sp³-hybridized carbons (Fsp3) is 0.867. The molecule has 122 valence electrons. The van der Waals surface area contributed by atoms with E-state index in [-0.39, 0.29) is 30.5 Å². The molecule has 0 saturated carbocycles. The normalized spacial score (nSPS) is 22.4. The van der Waals surface area contributed by atoms with Crippen LogP contribution in [0, 0.1) is 5.92 Å². The molecule has 0 aromatic carbocycles. The molecule has 1 aliphatic heterocycles. The van der Waals surface area contributed by atoms with Crippen molar-refractivity contribution in [3.8, 4) is 0 Å². The number of likely N-dealkylation sites (tertiary alicyclic amines) is 1. The number of carbonyl (C=O) groups is 2. The Kier molecular flexibility index (Phi) is 7.67. The van der Waals surface area contributed by atoms with E-state index in [1.807, 2.05) is 20.9 Å². The first kappa shape index (κ1) is 17.9. The second-order valence-corrected chi connectivity index (χ2v) is 5.84. The van der Waals surface area contributed by atoms with Crippen molar-refractivity contribution >= 4 is 11.8 Å².